The molecule has 4 heterocycles. The number of aryl methyl sites for hydroxylation is 2. The molecule has 0 radical (unpaired) electrons. The summed E-state index contributed by atoms with van der Waals surface area (Å²) < 4.78 is 0. The maximum atomic E-state index is 4.93. The zero-order valence-electron chi connectivity index (χ0n) is 18.5. The Kier molecular flexibility index (Phi) is 5.85. The quantitative estimate of drug-likeness (QED) is 0.479. The van der Waals surface area contributed by atoms with E-state index in [1.807, 2.05) is 32.0 Å². The molecule has 0 aliphatic carbocycles. The number of hydrogen-bond donors (Lipinski definition) is 1. The smallest absolute Gasteiger partial charge is 0.228 e. The molecule has 1 saturated heterocycles. The first-order valence-electron chi connectivity index (χ1n) is 11.0. The first-order valence-corrected chi connectivity index (χ1v) is 11.9. The van der Waals surface area contributed by atoms with E-state index in [0.29, 0.717) is 0 Å². The fourth-order valence-electron chi connectivity index (χ4n) is 4.05. The van der Waals surface area contributed by atoms with Gasteiger partial charge in [-0.05, 0) is 49.9 Å². The molecule has 4 aromatic rings. The van der Waals surface area contributed by atoms with Crippen molar-refractivity contribution in [3.63, 3.8) is 0 Å². The zero-order valence-corrected chi connectivity index (χ0v) is 19.3. The van der Waals surface area contributed by atoms with Crippen molar-refractivity contribution in [1.29, 1.82) is 0 Å². The number of aromatic nitrogens is 4. The van der Waals surface area contributed by atoms with Crippen LogP contribution in [-0.2, 0) is 6.42 Å². The zero-order chi connectivity index (χ0) is 21.9. The van der Waals surface area contributed by atoms with Gasteiger partial charge >= 0.3 is 0 Å². The van der Waals surface area contributed by atoms with Crippen molar-refractivity contribution in [3.05, 3.63) is 64.1 Å². The van der Waals surface area contributed by atoms with E-state index < -0.39 is 0 Å². The van der Waals surface area contributed by atoms with Crippen molar-refractivity contribution in [2.45, 2.75) is 20.3 Å². The highest BCUT2D eigenvalue weighted by Gasteiger charge is 2.22. The number of hydrogen-bond acceptors (Lipinski definition) is 8. The third-order valence-corrected chi connectivity index (χ3v) is 6.59. The van der Waals surface area contributed by atoms with Crippen LogP contribution in [0.1, 0.15) is 16.3 Å². The summed E-state index contributed by atoms with van der Waals surface area (Å²) in [4.78, 5) is 24.9. The second kappa shape index (κ2) is 9.08. The number of thiophene rings is 1. The fraction of sp³-hybridized carbons (Fsp3) is 0.333. The molecule has 1 aliphatic heterocycles. The van der Waals surface area contributed by atoms with E-state index >= 15 is 0 Å². The Bertz CT molecular complexity index is 1180. The van der Waals surface area contributed by atoms with E-state index in [-0.39, 0.29) is 0 Å². The van der Waals surface area contributed by atoms with Gasteiger partial charge in [-0.3, -0.25) is 0 Å². The molecule has 0 bridgehead atoms. The molecule has 1 fully saturated rings. The van der Waals surface area contributed by atoms with Gasteiger partial charge in [0.25, 0.3) is 0 Å². The Balaban J connectivity index is 1.32. The molecule has 0 unspecified atom stereocenters. The van der Waals surface area contributed by atoms with Crippen molar-refractivity contribution in [2.24, 2.45) is 0 Å². The lowest BCUT2D eigenvalue weighted by Crippen LogP contribution is -2.47. The molecule has 5 rings (SSSR count). The molecule has 0 saturated carbocycles. The van der Waals surface area contributed by atoms with Gasteiger partial charge in [-0.2, -0.15) is 4.98 Å². The topological polar surface area (TPSA) is 70.1 Å². The van der Waals surface area contributed by atoms with Gasteiger partial charge in [0, 0.05) is 54.4 Å². The lowest BCUT2D eigenvalue weighted by Gasteiger charge is -2.35. The van der Waals surface area contributed by atoms with E-state index in [2.05, 4.69) is 54.7 Å². The van der Waals surface area contributed by atoms with Gasteiger partial charge in [0.2, 0.25) is 11.9 Å². The lowest BCUT2D eigenvalue weighted by atomic mass is 10.2. The molecule has 7 nitrogen and oxygen atoms in total. The first kappa shape index (κ1) is 20.6. The molecule has 0 atom stereocenters. The molecule has 3 aromatic heterocycles. The standard InChI is InChI=1S/C24H27N7S/c1-17-16-18(2)27-23(26-17)30-11-13-31(14-12-30)24-28-21-8-4-3-7-20(21)22(29-24)25-10-9-19-6-5-15-32-19/h3-8,15-16H,9-14H2,1-2H3,(H,25,28,29). The predicted octanol–water partition coefficient (Wildman–Crippen LogP) is 4.08. The van der Waals surface area contributed by atoms with E-state index in [1.54, 1.807) is 11.3 Å². The monoisotopic (exact) mass is 445 g/mol. The Morgan fingerprint density at radius 1 is 0.844 bits per heavy atom. The van der Waals surface area contributed by atoms with Crippen LogP contribution < -0.4 is 15.1 Å². The highest BCUT2D eigenvalue weighted by molar-refractivity contribution is 7.09. The maximum absolute atomic E-state index is 4.93. The van der Waals surface area contributed by atoms with Gasteiger partial charge in [0.15, 0.2) is 0 Å². The number of fused-ring (bicyclic) bond motifs is 1. The second-order valence-corrected chi connectivity index (χ2v) is 9.10. The van der Waals surface area contributed by atoms with E-state index in [1.165, 1.54) is 4.88 Å². The van der Waals surface area contributed by atoms with Gasteiger partial charge in [-0.25, -0.2) is 15.0 Å². The highest BCUT2D eigenvalue weighted by atomic mass is 32.1. The predicted molar refractivity (Wildman–Crippen MR) is 132 cm³/mol. The van der Waals surface area contributed by atoms with Crippen LogP contribution in [-0.4, -0.2) is 52.7 Å². The number of piperazine rings is 1. The summed E-state index contributed by atoms with van der Waals surface area (Å²) in [7, 11) is 0. The number of anilines is 3. The molecular formula is C24H27N7S. The molecular weight excluding hydrogens is 418 g/mol. The van der Waals surface area contributed by atoms with Gasteiger partial charge in [-0.1, -0.05) is 18.2 Å². The summed E-state index contributed by atoms with van der Waals surface area (Å²) in [6, 6.07) is 14.5. The molecule has 1 aromatic carbocycles. The highest BCUT2D eigenvalue weighted by Crippen LogP contribution is 2.25. The number of rotatable bonds is 6. The van der Waals surface area contributed by atoms with E-state index in [9.17, 15) is 0 Å². The van der Waals surface area contributed by atoms with Crippen LogP contribution in [0, 0.1) is 13.8 Å². The summed E-state index contributed by atoms with van der Waals surface area (Å²) in [6.45, 7) is 8.25. The summed E-state index contributed by atoms with van der Waals surface area (Å²) >= 11 is 1.79. The van der Waals surface area contributed by atoms with Crippen LogP contribution in [0.5, 0.6) is 0 Å². The van der Waals surface area contributed by atoms with Gasteiger partial charge in [0.1, 0.15) is 5.82 Å². The third-order valence-electron chi connectivity index (χ3n) is 5.65. The Hall–Kier alpha value is -3.26. The second-order valence-electron chi connectivity index (χ2n) is 8.07. The fourth-order valence-corrected chi connectivity index (χ4v) is 4.76. The largest absolute Gasteiger partial charge is 0.369 e. The number of para-hydroxylation sites is 1. The minimum atomic E-state index is 0.781. The first-order chi connectivity index (χ1) is 15.7. The van der Waals surface area contributed by atoms with Gasteiger partial charge < -0.3 is 15.1 Å². The Morgan fingerprint density at radius 2 is 1.53 bits per heavy atom. The summed E-state index contributed by atoms with van der Waals surface area (Å²) in [5.74, 6) is 2.50. The summed E-state index contributed by atoms with van der Waals surface area (Å²) in [5.41, 5.74) is 2.98. The number of benzene rings is 1. The lowest BCUT2D eigenvalue weighted by molar-refractivity contribution is 0.627. The van der Waals surface area contributed by atoms with Crippen molar-refractivity contribution in [2.75, 3.05) is 47.8 Å². The Labute approximate surface area is 192 Å². The molecule has 164 valence electrons. The van der Waals surface area contributed by atoms with Crippen LogP contribution in [0.2, 0.25) is 0 Å². The van der Waals surface area contributed by atoms with Crippen LogP contribution in [0.3, 0.4) is 0 Å². The van der Waals surface area contributed by atoms with Crippen LogP contribution in [0.15, 0.2) is 47.8 Å². The van der Waals surface area contributed by atoms with Crippen molar-refractivity contribution in [3.8, 4) is 0 Å². The summed E-state index contributed by atoms with van der Waals surface area (Å²) in [5, 5.41) is 6.73. The Morgan fingerprint density at radius 3 is 2.22 bits per heavy atom. The number of nitrogens with zero attached hydrogens (tertiary/aromatic N) is 6. The molecule has 1 aliphatic rings. The normalized spacial score (nSPS) is 14.2. The van der Waals surface area contributed by atoms with Crippen molar-refractivity contribution in [1.82, 2.24) is 19.9 Å². The summed E-state index contributed by atoms with van der Waals surface area (Å²) in [6.07, 6.45) is 0.986. The SMILES string of the molecule is Cc1cc(C)nc(N2CCN(c3nc(NCCc4cccs4)c4ccccc4n3)CC2)n1. The minimum Gasteiger partial charge on any atom is -0.369 e. The van der Waals surface area contributed by atoms with Crippen molar-refractivity contribution >= 4 is 40.0 Å². The van der Waals surface area contributed by atoms with E-state index in [4.69, 9.17) is 9.97 Å². The molecule has 32 heavy (non-hydrogen) atoms. The van der Waals surface area contributed by atoms with Crippen LogP contribution in [0.25, 0.3) is 10.9 Å². The van der Waals surface area contributed by atoms with Crippen LogP contribution in [0.4, 0.5) is 17.7 Å². The third kappa shape index (κ3) is 4.50. The van der Waals surface area contributed by atoms with Crippen molar-refractivity contribution < 1.29 is 0 Å². The minimum absolute atomic E-state index is 0.781. The maximum Gasteiger partial charge on any atom is 0.228 e. The molecule has 1 N–H and O–H groups in total. The molecule has 0 spiro atoms. The molecule has 8 heteroatoms. The van der Waals surface area contributed by atoms with Gasteiger partial charge in [0.05, 0.1) is 5.52 Å². The van der Waals surface area contributed by atoms with Gasteiger partial charge in [-0.15, -0.1) is 11.3 Å². The van der Waals surface area contributed by atoms with Crippen LogP contribution >= 0.6 is 11.3 Å². The van der Waals surface area contributed by atoms with E-state index in [0.717, 1.165) is 79.1 Å². The molecule has 0 amide bonds. The number of nitrogens with one attached hydrogen (secondary N) is 1. The average Bonchev–Trinajstić information content (AvgIpc) is 3.32. The average molecular weight is 446 g/mol.